The Morgan fingerprint density at radius 1 is 1.07 bits per heavy atom. The first kappa shape index (κ1) is 22.1. The molecule has 0 radical (unpaired) electrons. The monoisotopic (exact) mass is 425 g/mol. The lowest BCUT2D eigenvalue weighted by atomic mass is 10.1. The number of thioether (sulfide) groups is 1. The summed E-state index contributed by atoms with van der Waals surface area (Å²) in [4.78, 5) is 36.6. The predicted octanol–water partition coefficient (Wildman–Crippen LogP) is 3.01. The molecule has 1 saturated heterocycles. The van der Waals surface area contributed by atoms with Crippen LogP contribution in [-0.4, -0.2) is 51.8 Å². The summed E-state index contributed by atoms with van der Waals surface area (Å²) in [5.74, 6) is -15.3. The lowest BCUT2D eigenvalue weighted by Gasteiger charge is -2.24. The maximum atomic E-state index is 13.6. The molecule has 154 valence electrons. The van der Waals surface area contributed by atoms with Crippen LogP contribution in [0.1, 0.15) is 30.1 Å². The number of rotatable bonds is 7. The highest BCUT2D eigenvalue weighted by Gasteiger charge is 2.36. The third kappa shape index (κ3) is 4.29. The van der Waals surface area contributed by atoms with Crippen molar-refractivity contribution in [2.75, 3.05) is 18.1 Å². The molecule has 0 bridgehead atoms. The van der Waals surface area contributed by atoms with Crippen molar-refractivity contribution >= 4 is 29.4 Å². The van der Waals surface area contributed by atoms with E-state index >= 15 is 0 Å². The van der Waals surface area contributed by atoms with Crippen molar-refractivity contribution in [3.05, 3.63) is 34.6 Å². The summed E-state index contributed by atoms with van der Waals surface area (Å²) in [5.41, 5.74) is -1.52. The van der Waals surface area contributed by atoms with Gasteiger partial charge in [0, 0.05) is 18.2 Å². The Balaban J connectivity index is 1.99. The zero-order valence-corrected chi connectivity index (χ0v) is 15.4. The van der Waals surface area contributed by atoms with Gasteiger partial charge in [-0.2, -0.15) is 11.8 Å². The second kappa shape index (κ2) is 8.89. The topological polar surface area (TPSA) is 74.7 Å². The average molecular weight is 425 g/mol. The van der Waals surface area contributed by atoms with Gasteiger partial charge in [-0.25, -0.2) is 26.7 Å². The van der Waals surface area contributed by atoms with Crippen LogP contribution in [0.25, 0.3) is 0 Å². The zero-order chi connectivity index (χ0) is 21.2. The van der Waals surface area contributed by atoms with Gasteiger partial charge in [0.25, 0.3) is 0 Å². The largest absolute Gasteiger partial charge is 0.480 e. The maximum absolute atomic E-state index is 13.6. The fourth-order valence-electron chi connectivity index (χ4n) is 2.89. The highest BCUT2D eigenvalue weighted by molar-refractivity contribution is 8.00. The van der Waals surface area contributed by atoms with E-state index in [0.29, 0.717) is 12.8 Å². The van der Waals surface area contributed by atoms with Gasteiger partial charge in [0.2, 0.25) is 11.7 Å². The van der Waals surface area contributed by atoms with Crippen molar-refractivity contribution in [3.8, 4) is 0 Å². The van der Waals surface area contributed by atoms with Crippen molar-refractivity contribution in [2.45, 2.75) is 25.8 Å². The minimum Gasteiger partial charge on any atom is -0.480 e. The van der Waals surface area contributed by atoms with Gasteiger partial charge in [-0.3, -0.25) is 9.59 Å². The van der Waals surface area contributed by atoms with Crippen LogP contribution in [0.2, 0.25) is 0 Å². The zero-order valence-electron chi connectivity index (χ0n) is 14.6. The van der Waals surface area contributed by atoms with E-state index in [1.165, 1.54) is 11.8 Å². The first-order valence-electron chi connectivity index (χ1n) is 8.23. The minimum absolute atomic E-state index is 0.00279. The number of carbonyl (C=O) groups is 3. The van der Waals surface area contributed by atoms with E-state index in [4.69, 9.17) is 5.11 Å². The van der Waals surface area contributed by atoms with Crippen LogP contribution in [0.3, 0.4) is 0 Å². The van der Waals surface area contributed by atoms with Crippen LogP contribution in [-0.2, 0) is 9.59 Å². The molecule has 2 rings (SSSR count). The fraction of sp³-hybridized carbons (Fsp3) is 0.471. The van der Waals surface area contributed by atoms with E-state index in [0.717, 1.165) is 11.8 Å². The van der Waals surface area contributed by atoms with Gasteiger partial charge in [-0.05, 0) is 12.8 Å². The SMILES string of the molecule is C[C@H](CSCC(=O)c1c(F)c(F)c(F)c(F)c1F)C(=O)N1CCC[C@H]1C(=O)O. The molecule has 0 spiro atoms. The van der Waals surface area contributed by atoms with E-state index in [1.807, 2.05) is 0 Å². The molecular formula is C17H16F5NO4S. The Kier molecular flexibility index (Phi) is 7.02. The first-order valence-corrected chi connectivity index (χ1v) is 9.39. The molecule has 0 aliphatic carbocycles. The number of amides is 1. The standard InChI is InChI=1S/C17H16F5NO4S/c1-7(16(25)23-4-2-3-8(23)17(26)27)5-28-6-9(24)10-11(18)13(20)15(22)14(21)12(10)19/h7-8H,2-6H2,1H3,(H,26,27)/t7-,8+/m1/s1. The molecule has 1 aliphatic heterocycles. The van der Waals surface area contributed by atoms with Crippen LogP contribution < -0.4 is 0 Å². The number of carboxylic acids is 1. The highest BCUT2D eigenvalue weighted by Crippen LogP contribution is 2.25. The molecule has 1 N–H and O–H groups in total. The van der Waals surface area contributed by atoms with E-state index in [-0.39, 0.29) is 12.3 Å². The predicted molar refractivity (Wildman–Crippen MR) is 89.4 cm³/mol. The van der Waals surface area contributed by atoms with E-state index in [2.05, 4.69) is 0 Å². The first-order chi connectivity index (χ1) is 13.1. The Hall–Kier alpha value is -2.17. The number of halogens is 5. The van der Waals surface area contributed by atoms with Crippen molar-refractivity contribution in [1.82, 2.24) is 4.90 Å². The van der Waals surface area contributed by atoms with Gasteiger partial charge < -0.3 is 10.0 Å². The van der Waals surface area contributed by atoms with Crippen molar-refractivity contribution < 1.29 is 41.4 Å². The molecule has 1 fully saturated rings. The molecule has 0 saturated carbocycles. The number of ketones is 1. The van der Waals surface area contributed by atoms with Crippen LogP contribution in [0.4, 0.5) is 22.0 Å². The molecule has 0 unspecified atom stereocenters. The molecule has 1 aromatic carbocycles. The Bertz CT molecular complexity index is 790. The summed E-state index contributed by atoms with van der Waals surface area (Å²) < 4.78 is 66.6. The molecule has 2 atom stereocenters. The van der Waals surface area contributed by atoms with Crippen LogP contribution in [0.15, 0.2) is 0 Å². The minimum atomic E-state index is -2.35. The van der Waals surface area contributed by atoms with Gasteiger partial charge in [-0.15, -0.1) is 0 Å². The molecule has 0 aromatic heterocycles. The molecular weight excluding hydrogens is 409 g/mol. The summed E-state index contributed by atoms with van der Waals surface area (Å²) in [7, 11) is 0. The van der Waals surface area contributed by atoms with Gasteiger partial charge >= 0.3 is 5.97 Å². The van der Waals surface area contributed by atoms with Gasteiger partial charge in [0.05, 0.1) is 11.3 Å². The third-order valence-corrected chi connectivity index (χ3v) is 5.53. The van der Waals surface area contributed by atoms with Crippen molar-refractivity contribution in [3.63, 3.8) is 0 Å². The number of hydrogen-bond donors (Lipinski definition) is 1. The summed E-state index contributed by atoms with van der Waals surface area (Å²) in [5, 5.41) is 9.10. The number of Topliss-reactive ketones (excluding diaryl/α,β-unsaturated/α-hetero) is 1. The van der Waals surface area contributed by atoms with Crippen LogP contribution in [0.5, 0.6) is 0 Å². The molecule has 1 aromatic rings. The summed E-state index contributed by atoms with van der Waals surface area (Å²) in [6.45, 7) is 1.78. The van der Waals surface area contributed by atoms with Gasteiger partial charge in [-0.1, -0.05) is 6.92 Å². The van der Waals surface area contributed by atoms with E-state index < -0.39 is 70.0 Å². The number of hydrogen-bond acceptors (Lipinski definition) is 4. The van der Waals surface area contributed by atoms with Crippen LogP contribution in [0, 0.1) is 35.0 Å². The number of likely N-dealkylation sites (tertiary alicyclic amines) is 1. The second-order valence-electron chi connectivity index (χ2n) is 6.31. The number of nitrogens with zero attached hydrogens (tertiary/aromatic N) is 1. The number of aliphatic carboxylic acids is 1. The number of carboxylic acid groups (broad SMARTS) is 1. The lowest BCUT2D eigenvalue weighted by molar-refractivity contribution is -0.149. The molecule has 28 heavy (non-hydrogen) atoms. The van der Waals surface area contributed by atoms with Crippen molar-refractivity contribution in [2.24, 2.45) is 5.92 Å². The van der Waals surface area contributed by atoms with Gasteiger partial charge in [0.15, 0.2) is 29.1 Å². The normalized spacial score (nSPS) is 17.6. The van der Waals surface area contributed by atoms with Gasteiger partial charge in [0.1, 0.15) is 6.04 Å². The number of carbonyl (C=O) groups excluding carboxylic acids is 2. The Morgan fingerprint density at radius 2 is 1.61 bits per heavy atom. The lowest BCUT2D eigenvalue weighted by Crippen LogP contribution is -2.43. The van der Waals surface area contributed by atoms with Crippen molar-refractivity contribution in [1.29, 1.82) is 0 Å². The summed E-state index contributed by atoms with van der Waals surface area (Å²) >= 11 is 0.778. The summed E-state index contributed by atoms with van der Waals surface area (Å²) in [6.07, 6.45) is 0.876. The molecule has 1 amide bonds. The number of benzene rings is 1. The van der Waals surface area contributed by atoms with E-state index in [9.17, 15) is 36.3 Å². The fourth-order valence-corrected chi connectivity index (χ4v) is 3.84. The Labute approximate surface area is 160 Å². The summed E-state index contributed by atoms with van der Waals surface area (Å²) in [6, 6.07) is -0.921. The average Bonchev–Trinajstić information content (AvgIpc) is 3.14. The quantitative estimate of drug-likeness (QED) is 0.315. The molecule has 5 nitrogen and oxygen atoms in total. The molecule has 1 aliphatic rings. The maximum Gasteiger partial charge on any atom is 0.326 e. The van der Waals surface area contributed by atoms with Crippen LogP contribution >= 0.6 is 11.8 Å². The highest BCUT2D eigenvalue weighted by atomic mass is 32.2. The molecule has 11 heteroatoms. The second-order valence-corrected chi connectivity index (χ2v) is 7.34. The van der Waals surface area contributed by atoms with E-state index in [1.54, 1.807) is 0 Å². The third-order valence-electron chi connectivity index (χ3n) is 4.33. The Morgan fingerprint density at radius 3 is 2.14 bits per heavy atom. The smallest absolute Gasteiger partial charge is 0.326 e. The molecule has 1 heterocycles.